The minimum atomic E-state index is 0.221. The van der Waals surface area contributed by atoms with Gasteiger partial charge in [-0.25, -0.2) is 0 Å². The zero-order valence-corrected chi connectivity index (χ0v) is 26.6. The van der Waals surface area contributed by atoms with E-state index in [2.05, 4.69) is 135 Å². The quantitative estimate of drug-likeness (QED) is 0.188. The van der Waals surface area contributed by atoms with Gasteiger partial charge in [-0.15, -0.1) is 0 Å². The summed E-state index contributed by atoms with van der Waals surface area (Å²) < 4.78 is 0. The zero-order chi connectivity index (χ0) is 29.7. The first-order valence-electron chi connectivity index (χ1n) is 15.4. The SMILES string of the molecule is C=Cc1ccc(C2=CCC(C)(CC)/C(=C\CCC(C)c3ccccc3C(C)=Nc3cc(C)c(C)cc3C)C2C)cc1. The zero-order valence-electron chi connectivity index (χ0n) is 26.6. The summed E-state index contributed by atoms with van der Waals surface area (Å²) >= 11 is 0. The van der Waals surface area contributed by atoms with Crippen LogP contribution < -0.4 is 0 Å². The summed E-state index contributed by atoms with van der Waals surface area (Å²) in [6.07, 6.45) is 11.5. The molecule has 0 amide bonds. The topological polar surface area (TPSA) is 12.4 Å². The van der Waals surface area contributed by atoms with Gasteiger partial charge in [0.15, 0.2) is 0 Å². The molecule has 0 spiro atoms. The predicted octanol–water partition coefficient (Wildman–Crippen LogP) is 11.7. The van der Waals surface area contributed by atoms with Crippen molar-refractivity contribution in [3.05, 3.63) is 124 Å². The number of rotatable bonds is 9. The fraction of sp³-hybridized carbons (Fsp3) is 0.375. The summed E-state index contributed by atoms with van der Waals surface area (Å²) in [6.45, 7) is 22.2. The van der Waals surface area contributed by atoms with Crippen molar-refractivity contribution in [1.29, 1.82) is 0 Å². The highest BCUT2D eigenvalue weighted by Gasteiger charge is 2.34. The Bertz CT molecular complexity index is 1480. The van der Waals surface area contributed by atoms with Crippen molar-refractivity contribution >= 4 is 23.0 Å². The number of benzene rings is 3. The van der Waals surface area contributed by atoms with E-state index in [1.807, 2.05) is 6.08 Å². The molecule has 4 rings (SSSR count). The Kier molecular flexibility index (Phi) is 9.69. The second-order valence-corrected chi connectivity index (χ2v) is 12.5. The molecule has 214 valence electrons. The molecule has 3 aromatic rings. The summed E-state index contributed by atoms with van der Waals surface area (Å²) in [5.74, 6) is 0.865. The maximum absolute atomic E-state index is 5.11. The van der Waals surface area contributed by atoms with E-state index < -0.39 is 0 Å². The maximum Gasteiger partial charge on any atom is 0.0665 e. The van der Waals surface area contributed by atoms with Crippen LogP contribution in [0, 0.1) is 32.1 Å². The molecule has 0 aromatic heterocycles. The van der Waals surface area contributed by atoms with Crippen LogP contribution in [0.3, 0.4) is 0 Å². The maximum atomic E-state index is 5.11. The van der Waals surface area contributed by atoms with Crippen molar-refractivity contribution in [2.45, 2.75) is 87.0 Å². The lowest BCUT2D eigenvalue weighted by atomic mass is 9.65. The van der Waals surface area contributed by atoms with Gasteiger partial charge in [0.1, 0.15) is 0 Å². The fourth-order valence-electron chi connectivity index (χ4n) is 6.48. The molecule has 0 saturated heterocycles. The average molecular weight is 544 g/mol. The highest BCUT2D eigenvalue weighted by molar-refractivity contribution is 6.01. The van der Waals surface area contributed by atoms with E-state index in [-0.39, 0.29) is 5.41 Å². The van der Waals surface area contributed by atoms with Crippen LogP contribution in [0.1, 0.15) is 105 Å². The third kappa shape index (κ3) is 6.72. The van der Waals surface area contributed by atoms with Gasteiger partial charge in [0.25, 0.3) is 0 Å². The lowest BCUT2D eigenvalue weighted by Crippen LogP contribution is -2.27. The third-order valence-electron chi connectivity index (χ3n) is 9.61. The van der Waals surface area contributed by atoms with Crippen LogP contribution in [0.4, 0.5) is 5.69 Å². The molecule has 0 saturated carbocycles. The number of aryl methyl sites for hydroxylation is 3. The average Bonchev–Trinajstić information content (AvgIpc) is 2.97. The molecule has 0 bridgehead atoms. The second-order valence-electron chi connectivity index (χ2n) is 12.5. The van der Waals surface area contributed by atoms with Crippen LogP contribution in [0.25, 0.3) is 11.6 Å². The number of nitrogens with zero attached hydrogens (tertiary/aromatic N) is 1. The summed E-state index contributed by atoms with van der Waals surface area (Å²) in [7, 11) is 0. The molecule has 3 atom stereocenters. The van der Waals surface area contributed by atoms with Gasteiger partial charge in [-0.2, -0.15) is 0 Å². The molecular weight excluding hydrogens is 494 g/mol. The van der Waals surface area contributed by atoms with E-state index in [4.69, 9.17) is 4.99 Å². The Labute approximate surface area is 249 Å². The molecule has 0 fully saturated rings. The third-order valence-corrected chi connectivity index (χ3v) is 9.61. The molecule has 3 aromatic carbocycles. The Morgan fingerprint density at radius 2 is 1.71 bits per heavy atom. The fourth-order valence-corrected chi connectivity index (χ4v) is 6.48. The highest BCUT2D eigenvalue weighted by Crippen LogP contribution is 2.48. The standard InChI is InChI=1S/C40H49N/c1-10-33-19-21-34(22-20-33)36-23-24-40(9,11-2)38(31(36)7)18-14-15-27(3)35-16-12-13-17-37(35)32(8)41-39-26-29(5)28(4)25-30(39)6/h10,12-13,16-23,25-27,31H,1,11,14-15,24H2,2-9H3/b38-18-,41-32?. The molecule has 0 aliphatic heterocycles. The highest BCUT2D eigenvalue weighted by atomic mass is 14.7. The number of aliphatic imine (C=N–C) groups is 1. The van der Waals surface area contributed by atoms with Gasteiger partial charge in [0, 0.05) is 11.6 Å². The lowest BCUT2D eigenvalue weighted by Gasteiger charge is -2.40. The second kappa shape index (κ2) is 13.0. The Balaban J connectivity index is 1.55. The van der Waals surface area contributed by atoms with Crippen molar-refractivity contribution in [2.24, 2.45) is 16.3 Å². The van der Waals surface area contributed by atoms with Crippen molar-refractivity contribution in [3.63, 3.8) is 0 Å². The molecular formula is C40H49N. The van der Waals surface area contributed by atoms with E-state index in [9.17, 15) is 0 Å². The van der Waals surface area contributed by atoms with E-state index >= 15 is 0 Å². The number of hydrogen-bond donors (Lipinski definition) is 0. The Morgan fingerprint density at radius 3 is 2.39 bits per heavy atom. The van der Waals surface area contributed by atoms with Gasteiger partial charge in [0.2, 0.25) is 0 Å². The minimum Gasteiger partial charge on any atom is -0.253 e. The van der Waals surface area contributed by atoms with Crippen LogP contribution in [0.2, 0.25) is 0 Å². The van der Waals surface area contributed by atoms with Gasteiger partial charge in [-0.3, -0.25) is 4.99 Å². The molecule has 1 heteroatoms. The van der Waals surface area contributed by atoms with Gasteiger partial charge in [0.05, 0.1) is 5.69 Å². The van der Waals surface area contributed by atoms with Crippen molar-refractivity contribution in [2.75, 3.05) is 0 Å². The first-order valence-corrected chi connectivity index (χ1v) is 15.4. The van der Waals surface area contributed by atoms with E-state index in [1.165, 1.54) is 44.5 Å². The largest absolute Gasteiger partial charge is 0.253 e. The molecule has 1 aliphatic rings. The van der Waals surface area contributed by atoms with Crippen LogP contribution in [-0.4, -0.2) is 5.71 Å². The molecule has 41 heavy (non-hydrogen) atoms. The predicted molar refractivity (Wildman–Crippen MR) is 181 cm³/mol. The summed E-state index contributed by atoms with van der Waals surface area (Å²) in [4.78, 5) is 5.11. The molecule has 1 nitrogen and oxygen atoms in total. The monoisotopic (exact) mass is 543 g/mol. The Hall–Kier alpha value is -3.45. The van der Waals surface area contributed by atoms with Gasteiger partial charge >= 0.3 is 0 Å². The molecule has 3 unspecified atom stereocenters. The minimum absolute atomic E-state index is 0.221. The first kappa shape index (κ1) is 30.5. The Morgan fingerprint density at radius 1 is 1.02 bits per heavy atom. The van der Waals surface area contributed by atoms with Crippen molar-refractivity contribution < 1.29 is 0 Å². The number of allylic oxidation sites excluding steroid dienone is 4. The molecule has 0 radical (unpaired) electrons. The summed E-state index contributed by atoms with van der Waals surface area (Å²) in [5, 5.41) is 0. The smallest absolute Gasteiger partial charge is 0.0665 e. The van der Waals surface area contributed by atoms with Crippen LogP contribution in [0.15, 0.2) is 90.0 Å². The summed E-state index contributed by atoms with van der Waals surface area (Å²) in [5.41, 5.74) is 14.5. The van der Waals surface area contributed by atoms with E-state index in [0.717, 1.165) is 37.1 Å². The van der Waals surface area contributed by atoms with Crippen molar-refractivity contribution in [3.8, 4) is 0 Å². The normalized spacial score (nSPS) is 21.1. The molecule has 1 aliphatic carbocycles. The van der Waals surface area contributed by atoms with Crippen LogP contribution in [0.5, 0.6) is 0 Å². The summed E-state index contributed by atoms with van der Waals surface area (Å²) in [6, 6.07) is 22.2. The van der Waals surface area contributed by atoms with E-state index in [0.29, 0.717) is 11.8 Å². The van der Waals surface area contributed by atoms with Crippen molar-refractivity contribution in [1.82, 2.24) is 0 Å². The van der Waals surface area contributed by atoms with Gasteiger partial charge in [-0.05, 0) is 115 Å². The van der Waals surface area contributed by atoms with Crippen LogP contribution in [-0.2, 0) is 0 Å². The van der Waals surface area contributed by atoms with E-state index in [1.54, 1.807) is 5.57 Å². The molecule has 0 heterocycles. The molecule has 0 N–H and O–H groups in total. The number of hydrogen-bond acceptors (Lipinski definition) is 1. The van der Waals surface area contributed by atoms with Gasteiger partial charge < -0.3 is 0 Å². The lowest BCUT2D eigenvalue weighted by molar-refractivity contribution is 0.351. The van der Waals surface area contributed by atoms with Gasteiger partial charge in [-0.1, -0.05) is 113 Å². The van der Waals surface area contributed by atoms with Crippen LogP contribution >= 0.6 is 0 Å². The first-order chi connectivity index (χ1) is 19.6.